The minimum Gasteiger partial charge on any atom is -0.473 e. The average Bonchev–Trinajstić information content (AvgIpc) is 3.48. The van der Waals surface area contributed by atoms with Crippen molar-refractivity contribution in [1.29, 1.82) is 5.26 Å². The molecule has 2 atom stereocenters. The van der Waals surface area contributed by atoms with E-state index in [4.69, 9.17) is 26.3 Å². The highest BCUT2D eigenvalue weighted by molar-refractivity contribution is 6.33. The fourth-order valence-corrected chi connectivity index (χ4v) is 4.92. The zero-order valence-corrected chi connectivity index (χ0v) is 19.4. The smallest absolute Gasteiger partial charge is 0.410 e. The van der Waals surface area contributed by atoms with Crippen LogP contribution in [0.15, 0.2) is 24.5 Å². The number of carbonyl (C=O) groups is 1. The van der Waals surface area contributed by atoms with Crippen molar-refractivity contribution >= 4 is 29.2 Å². The topological polar surface area (TPSA) is 100 Å². The minimum absolute atomic E-state index is 0.00510. The van der Waals surface area contributed by atoms with E-state index in [-0.39, 0.29) is 29.6 Å². The third-order valence-electron chi connectivity index (χ3n) is 6.93. The molecule has 8 nitrogen and oxygen atoms in total. The third-order valence-corrected chi connectivity index (χ3v) is 7.24. The van der Waals surface area contributed by atoms with Gasteiger partial charge in [-0.25, -0.2) is 14.8 Å². The lowest BCUT2D eigenvalue weighted by atomic mass is 9.95. The van der Waals surface area contributed by atoms with Crippen molar-refractivity contribution in [3.63, 3.8) is 0 Å². The quantitative estimate of drug-likeness (QED) is 0.671. The number of amides is 1. The first-order chi connectivity index (χ1) is 15.8. The van der Waals surface area contributed by atoms with Crippen molar-refractivity contribution in [1.82, 2.24) is 14.9 Å². The maximum Gasteiger partial charge on any atom is 0.410 e. The first-order valence-electron chi connectivity index (χ1n) is 11.3. The molecule has 5 rings (SSSR count). The van der Waals surface area contributed by atoms with E-state index in [0.29, 0.717) is 41.1 Å². The SMILES string of the molecule is Cc1c(Nc2ccc(C#N)cc2Cl)ncnc1OC1C2CCC1CN(C(=O)OC1(C)CC1)C2. The molecule has 3 fully saturated rings. The van der Waals surface area contributed by atoms with Gasteiger partial charge >= 0.3 is 6.09 Å². The number of nitrogens with one attached hydrogen (secondary N) is 1. The summed E-state index contributed by atoms with van der Waals surface area (Å²) in [7, 11) is 0. The van der Waals surface area contributed by atoms with Gasteiger partial charge in [0.15, 0.2) is 0 Å². The average molecular weight is 468 g/mol. The molecule has 3 aliphatic rings. The van der Waals surface area contributed by atoms with Gasteiger partial charge in [-0.3, -0.25) is 0 Å². The number of likely N-dealkylation sites (tertiary alicyclic amines) is 1. The Morgan fingerprint density at radius 3 is 2.64 bits per heavy atom. The van der Waals surface area contributed by atoms with E-state index in [1.807, 2.05) is 18.7 Å². The lowest BCUT2D eigenvalue weighted by molar-refractivity contribution is 0.00821. The molecule has 2 heterocycles. The molecule has 1 amide bonds. The van der Waals surface area contributed by atoms with Crippen molar-refractivity contribution < 1.29 is 14.3 Å². The number of benzene rings is 1. The van der Waals surface area contributed by atoms with Gasteiger partial charge in [0.05, 0.1) is 27.9 Å². The van der Waals surface area contributed by atoms with Gasteiger partial charge in [-0.05, 0) is 57.7 Å². The number of fused-ring (bicyclic) bond motifs is 2. The van der Waals surface area contributed by atoms with E-state index >= 15 is 0 Å². The van der Waals surface area contributed by atoms with Crippen LogP contribution in [-0.4, -0.2) is 45.8 Å². The number of nitriles is 1. The summed E-state index contributed by atoms with van der Waals surface area (Å²) in [4.78, 5) is 23.2. The maximum atomic E-state index is 12.6. The summed E-state index contributed by atoms with van der Waals surface area (Å²) in [5.41, 5.74) is 1.66. The highest BCUT2D eigenvalue weighted by Crippen LogP contribution is 2.43. The van der Waals surface area contributed by atoms with Gasteiger partial charge in [-0.1, -0.05) is 11.6 Å². The monoisotopic (exact) mass is 467 g/mol. The summed E-state index contributed by atoms with van der Waals surface area (Å²) in [6.07, 6.45) is 5.20. The van der Waals surface area contributed by atoms with E-state index in [9.17, 15) is 4.79 Å². The van der Waals surface area contributed by atoms with Gasteiger partial charge < -0.3 is 19.7 Å². The van der Waals surface area contributed by atoms with Crippen molar-refractivity contribution in [2.75, 3.05) is 18.4 Å². The van der Waals surface area contributed by atoms with Gasteiger partial charge in [-0.15, -0.1) is 0 Å². The molecule has 2 saturated carbocycles. The van der Waals surface area contributed by atoms with Crippen LogP contribution < -0.4 is 10.1 Å². The van der Waals surface area contributed by atoms with Crippen LogP contribution in [0.25, 0.3) is 0 Å². The largest absolute Gasteiger partial charge is 0.473 e. The number of hydrogen-bond acceptors (Lipinski definition) is 7. The molecule has 2 aliphatic carbocycles. The Kier molecular flexibility index (Phi) is 5.53. The first-order valence-corrected chi connectivity index (χ1v) is 11.7. The van der Waals surface area contributed by atoms with Crippen molar-refractivity contribution in [3.8, 4) is 11.9 Å². The summed E-state index contributed by atoms with van der Waals surface area (Å²) < 4.78 is 12.1. The van der Waals surface area contributed by atoms with Gasteiger partial charge in [0.25, 0.3) is 0 Å². The molecule has 9 heteroatoms. The summed E-state index contributed by atoms with van der Waals surface area (Å²) in [5.74, 6) is 1.63. The second-order valence-corrected chi connectivity index (χ2v) is 9.89. The van der Waals surface area contributed by atoms with Crippen LogP contribution in [0.3, 0.4) is 0 Å². The normalized spacial score (nSPS) is 24.7. The number of ether oxygens (including phenoxy) is 2. The van der Waals surface area contributed by atoms with Gasteiger partial charge in [0.1, 0.15) is 23.9 Å². The number of nitrogens with zero attached hydrogens (tertiary/aromatic N) is 4. The van der Waals surface area contributed by atoms with Crippen LogP contribution in [0.1, 0.15) is 43.7 Å². The molecular weight excluding hydrogens is 442 g/mol. The maximum absolute atomic E-state index is 12.6. The molecule has 172 valence electrons. The van der Waals surface area contributed by atoms with Crippen molar-refractivity contribution in [3.05, 3.63) is 40.7 Å². The molecule has 33 heavy (non-hydrogen) atoms. The van der Waals surface area contributed by atoms with E-state index in [2.05, 4.69) is 21.4 Å². The van der Waals surface area contributed by atoms with Crippen molar-refractivity contribution in [2.24, 2.45) is 11.8 Å². The summed E-state index contributed by atoms with van der Waals surface area (Å²) in [6.45, 7) is 5.18. The predicted octanol–water partition coefficient (Wildman–Crippen LogP) is 4.83. The van der Waals surface area contributed by atoms with Gasteiger partial charge in [0.2, 0.25) is 5.88 Å². The predicted molar refractivity (Wildman–Crippen MR) is 123 cm³/mol. The highest BCUT2D eigenvalue weighted by Gasteiger charge is 2.48. The number of anilines is 2. The highest BCUT2D eigenvalue weighted by atomic mass is 35.5. The molecular formula is C24H26ClN5O3. The lowest BCUT2D eigenvalue weighted by Gasteiger charge is -2.37. The van der Waals surface area contributed by atoms with Crippen LogP contribution in [-0.2, 0) is 4.74 Å². The Balaban J connectivity index is 1.28. The van der Waals surface area contributed by atoms with Gasteiger partial charge in [0, 0.05) is 24.9 Å². The summed E-state index contributed by atoms with van der Waals surface area (Å²) in [6, 6.07) is 7.13. The number of rotatable bonds is 5. The van der Waals surface area contributed by atoms with Crippen LogP contribution in [0.4, 0.5) is 16.3 Å². The summed E-state index contributed by atoms with van der Waals surface area (Å²) >= 11 is 6.30. The van der Waals surface area contributed by atoms with Crippen LogP contribution in [0.2, 0.25) is 5.02 Å². The van der Waals surface area contributed by atoms with E-state index in [0.717, 1.165) is 31.2 Å². The third kappa shape index (κ3) is 4.42. The molecule has 1 saturated heterocycles. The molecule has 1 aliphatic heterocycles. The zero-order chi connectivity index (χ0) is 23.2. The van der Waals surface area contributed by atoms with E-state index < -0.39 is 0 Å². The standard InChI is InChI=1S/C24H26ClN5O3/c1-14-21(29-19-6-3-15(10-26)9-18(19)25)27-13-28-22(14)32-20-16-4-5-17(20)12-30(11-16)23(31)33-24(2)7-8-24/h3,6,9,13,16-17,20H,4-5,7-8,11-12H2,1-2H3,(H,27,28,29). The fourth-order valence-electron chi connectivity index (χ4n) is 4.69. The number of halogens is 1. The van der Waals surface area contributed by atoms with E-state index in [1.165, 1.54) is 6.33 Å². The van der Waals surface area contributed by atoms with Crippen LogP contribution in [0.5, 0.6) is 5.88 Å². The number of carbonyl (C=O) groups excluding carboxylic acids is 1. The Bertz CT molecular complexity index is 1120. The minimum atomic E-state index is -0.261. The Morgan fingerprint density at radius 2 is 2.00 bits per heavy atom. The number of piperidine rings is 1. The molecule has 2 unspecified atom stereocenters. The molecule has 1 aromatic carbocycles. The summed E-state index contributed by atoms with van der Waals surface area (Å²) in [5, 5.41) is 12.7. The second kappa shape index (κ2) is 8.38. The Labute approximate surface area is 197 Å². The van der Waals surface area contributed by atoms with Crippen molar-refractivity contribution in [2.45, 2.75) is 51.2 Å². The van der Waals surface area contributed by atoms with E-state index in [1.54, 1.807) is 18.2 Å². The van der Waals surface area contributed by atoms with Gasteiger partial charge in [-0.2, -0.15) is 5.26 Å². The zero-order valence-electron chi connectivity index (χ0n) is 18.7. The number of aromatic nitrogens is 2. The molecule has 1 aromatic heterocycles. The van der Waals surface area contributed by atoms with Crippen LogP contribution >= 0.6 is 11.6 Å². The molecule has 2 bridgehead atoms. The Hall–Kier alpha value is -3.05. The lowest BCUT2D eigenvalue weighted by Crippen LogP contribution is -2.50. The molecule has 2 aromatic rings. The second-order valence-electron chi connectivity index (χ2n) is 9.49. The first kappa shape index (κ1) is 21.8. The number of hydrogen-bond donors (Lipinski definition) is 1. The molecule has 0 spiro atoms. The fraction of sp³-hybridized carbons (Fsp3) is 0.500. The molecule has 0 radical (unpaired) electrons. The molecule has 1 N–H and O–H groups in total. The Morgan fingerprint density at radius 1 is 1.27 bits per heavy atom. The van der Waals surface area contributed by atoms with Crippen LogP contribution in [0, 0.1) is 30.1 Å².